The van der Waals surface area contributed by atoms with Crippen LogP contribution in [0.5, 0.6) is 0 Å². The first kappa shape index (κ1) is 18.3. The van der Waals surface area contributed by atoms with Gasteiger partial charge < -0.3 is 10.5 Å². The molecule has 0 saturated carbocycles. The molecule has 0 aliphatic heterocycles. The summed E-state index contributed by atoms with van der Waals surface area (Å²) in [5.41, 5.74) is 5.16. The van der Waals surface area contributed by atoms with Gasteiger partial charge in [0.05, 0.1) is 6.61 Å². The van der Waals surface area contributed by atoms with Crippen LogP contribution in [-0.4, -0.2) is 23.5 Å². The van der Waals surface area contributed by atoms with E-state index in [4.69, 9.17) is 28.9 Å². The van der Waals surface area contributed by atoms with Crippen LogP contribution in [0.4, 0.5) is 8.78 Å². The molecule has 0 unspecified atom stereocenters. The van der Waals surface area contributed by atoms with E-state index in [1.807, 2.05) is 0 Å². The predicted molar refractivity (Wildman–Crippen MR) is 70.0 cm³/mol. The molecule has 1 atom stereocenters. The minimum atomic E-state index is -3.89. The Morgan fingerprint density at radius 3 is 2.58 bits per heavy atom. The van der Waals surface area contributed by atoms with Gasteiger partial charge in [0, 0.05) is 5.56 Å². The van der Waals surface area contributed by atoms with Crippen LogP contribution in [0.2, 0.25) is 10.3 Å². The molecule has 108 valence electrons. The van der Waals surface area contributed by atoms with Gasteiger partial charge in [-0.1, -0.05) is 29.3 Å². The molecule has 0 spiro atoms. The highest BCUT2D eigenvalue weighted by Crippen LogP contribution is 2.34. The smallest absolute Gasteiger partial charge is 0.379 e. The number of pyridine rings is 1. The van der Waals surface area contributed by atoms with Gasteiger partial charge in [-0.05, 0) is 13.0 Å². The second-order valence-corrected chi connectivity index (χ2v) is 4.08. The maximum absolute atomic E-state index is 13.6. The highest BCUT2D eigenvalue weighted by atomic mass is 35.5. The molecule has 0 radical (unpaired) electrons. The standard InChI is InChI=1S/C10H10Cl2F2N2O2.ClH/c1-2-18-9(17)10(13,14)7(15)5-3-4-6(11)16-8(5)12;/h3-4,7H,2,15H2,1H3;1H/t7-;/m1./s1. The summed E-state index contributed by atoms with van der Waals surface area (Å²) in [6, 6.07) is 0.494. The van der Waals surface area contributed by atoms with Crippen molar-refractivity contribution in [3.8, 4) is 0 Å². The van der Waals surface area contributed by atoms with Crippen LogP contribution < -0.4 is 5.73 Å². The maximum atomic E-state index is 13.6. The fourth-order valence-corrected chi connectivity index (χ4v) is 1.67. The van der Waals surface area contributed by atoms with Crippen LogP contribution in [0.3, 0.4) is 0 Å². The largest absolute Gasteiger partial charge is 0.462 e. The number of aromatic nitrogens is 1. The molecule has 2 N–H and O–H groups in total. The molecule has 4 nitrogen and oxygen atoms in total. The van der Waals surface area contributed by atoms with E-state index in [0.29, 0.717) is 0 Å². The molecule has 0 saturated heterocycles. The highest BCUT2D eigenvalue weighted by Gasteiger charge is 2.48. The van der Waals surface area contributed by atoms with E-state index in [2.05, 4.69) is 9.72 Å². The summed E-state index contributed by atoms with van der Waals surface area (Å²) in [6.45, 7) is 1.24. The lowest BCUT2D eigenvalue weighted by atomic mass is 10.0. The second-order valence-electron chi connectivity index (χ2n) is 3.34. The lowest BCUT2D eigenvalue weighted by molar-refractivity contribution is -0.174. The van der Waals surface area contributed by atoms with Gasteiger partial charge in [0.1, 0.15) is 16.3 Å². The number of nitrogens with two attached hydrogens (primary N) is 1. The Labute approximate surface area is 124 Å². The number of carbonyl (C=O) groups is 1. The van der Waals surface area contributed by atoms with Gasteiger partial charge in [0.15, 0.2) is 0 Å². The zero-order chi connectivity index (χ0) is 13.9. The van der Waals surface area contributed by atoms with E-state index in [1.165, 1.54) is 19.1 Å². The van der Waals surface area contributed by atoms with Gasteiger partial charge in [-0.15, -0.1) is 12.4 Å². The van der Waals surface area contributed by atoms with Gasteiger partial charge in [0.2, 0.25) is 0 Å². The first-order chi connectivity index (χ1) is 8.30. The number of hydrogen-bond donors (Lipinski definition) is 1. The van der Waals surface area contributed by atoms with E-state index in [-0.39, 0.29) is 34.9 Å². The van der Waals surface area contributed by atoms with Crippen molar-refractivity contribution in [2.24, 2.45) is 5.73 Å². The van der Waals surface area contributed by atoms with Gasteiger partial charge >= 0.3 is 11.9 Å². The van der Waals surface area contributed by atoms with Crippen molar-refractivity contribution in [2.45, 2.75) is 18.9 Å². The molecule has 0 aliphatic carbocycles. The molecule has 0 amide bonds. The number of halogens is 5. The van der Waals surface area contributed by atoms with E-state index < -0.39 is 17.9 Å². The minimum Gasteiger partial charge on any atom is -0.462 e. The number of alkyl halides is 2. The molecule has 0 aliphatic rings. The molecule has 0 aromatic carbocycles. The maximum Gasteiger partial charge on any atom is 0.379 e. The average molecular weight is 336 g/mol. The van der Waals surface area contributed by atoms with Gasteiger partial charge in [-0.25, -0.2) is 9.78 Å². The number of hydrogen-bond acceptors (Lipinski definition) is 4. The number of nitrogens with zero attached hydrogens (tertiary/aromatic N) is 1. The summed E-state index contributed by atoms with van der Waals surface area (Å²) in [6.07, 6.45) is 0. The van der Waals surface area contributed by atoms with Crippen molar-refractivity contribution in [1.82, 2.24) is 4.98 Å². The molecular formula is C10H11Cl3F2N2O2. The molecule has 0 bridgehead atoms. The normalized spacial score (nSPS) is 12.5. The van der Waals surface area contributed by atoms with Crippen LogP contribution in [0.1, 0.15) is 18.5 Å². The lowest BCUT2D eigenvalue weighted by Crippen LogP contribution is -2.42. The first-order valence-corrected chi connectivity index (χ1v) is 5.68. The Hall–Kier alpha value is -0.690. The van der Waals surface area contributed by atoms with Gasteiger partial charge in [0.25, 0.3) is 0 Å². The van der Waals surface area contributed by atoms with Crippen LogP contribution >= 0.6 is 35.6 Å². The summed E-state index contributed by atoms with van der Waals surface area (Å²) in [5, 5.41) is -0.241. The Bertz CT molecular complexity index is 460. The van der Waals surface area contributed by atoms with Crippen LogP contribution in [0.25, 0.3) is 0 Å². The van der Waals surface area contributed by atoms with Crippen LogP contribution in [-0.2, 0) is 9.53 Å². The monoisotopic (exact) mass is 334 g/mol. The third-order valence-electron chi connectivity index (χ3n) is 2.12. The Morgan fingerprint density at radius 1 is 1.53 bits per heavy atom. The average Bonchev–Trinajstić information content (AvgIpc) is 2.28. The van der Waals surface area contributed by atoms with Crippen molar-refractivity contribution in [3.05, 3.63) is 28.0 Å². The van der Waals surface area contributed by atoms with Gasteiger partial charge in [-0.2, -0.15) is 8.78 Å². The van der Waals surface area contributed by atoms with Crippen LogP contribution in [0.15, 0.2) is 12.1 Å². The molecule has 1 aromatic rings. The van der Waals surface area contributed by atoms with Crippen molar-refractivity contribution in [2.75, 3.05) is 6.61 Å². The summed E-state index contributed by atoms with van der Waals surface area (Å²) in [4.78, 5) is 14.7. The van der Waals surface area contributed by atoms with E-state index in [1.54, 1.807) is 0 Å². The fourth-order valence-electron chi connectivity index (χ4n) is 1.20. The molecule has 9 heteroatoms. The van der Waals surface area contributed by atoms with Crippen molar-refractivity contribution in [1.29, 1.82) is 0 Å². The first-order valence-electron chi connectivity index (χ1n) is 4.93. The number of rotatable bonds is 4. The topological polar surface area (TPSA) is 65.2 Å². The Kier molecular flexibility index (Phi) is 6.93. The van der Waals surface area contributed by atoms with Crippen molar-refractivity contribution in [3.63, 3.8) is 0 Å². The lowest BCUT2D eigenvalue weighted by Gasteiger charge is -2.22. The summed E-state index contributed by atoms with van der Waals surface area (Å²) >= 11 is 11.2. The van der Waals surface area contributed by atoms with E-state index in [0.717, 1.165) is 0 Å². The number of esters is 1. The summed E-state index contributed by atoms with van der Waals surface area (Å²) in [7, 11) is 0. The number of ether oxygens (including phenoxy) is 1. The van der Waals surface area contributed by atoms with Crippen LogP contribution in [0, 0.1) is 0 Å². The number of carbonyl (C=O) groups excluding carboxylic acids is 1. The Balaban J connectivity index is 0.00000324. The third-order valence-corrected chi connectivity index (χ3v) is 2.63. The quantitative estimate of drug-likeness (QED) is 0.678. The molecule has 19 heavy (non-hydrogen) atoms. The van der Waals surface area contributed by atoms with Crippen molar-refractivity contribution >= 4 is 41.6 Å². The second kappa shape index (κ2) is 7.19. The van der Waals surface area contributed by atoms with E-state index in [9.17, 15) is 13.6 Å². The minimum absolute atomic E-state index is 0. The highest BCUT2D eigenvalue weighted by molar-refractivity contribution is 6.32. The molecule has 1 rings (SSSR count). The SMILES string of the molecule is CCOC(=O)C(F)(F)[C@H](N)c1ccc(Cl)nc1Cl.Cl. The summed E-state index contributed by atoms with van der Waals surface area (Å²) in [5.74, 6) is -5.60. The third kappa shape index (κ3) is 4.14. The predicted octanol–water partition coefficient (Wildman–Crippen LogP) is 3.01. The molecule has 1 heterocycles. The molecular weight excluding hydrogens is 324 g/mol. The van der Waals surface area contributed by atoms with Gasteiger partial charge in [-0.3, -0.25) is 0 Å². The van der Waals surface area contributed by atoms with Crippen molar-refractivity contribution < 1.29 is 18.3 Å². The van der Waals surface area contributed by atoms with E-state index >= 15 is 0 Å². The molecule has 1 aromatic heterocycles. The zero-order valence-corrected chi connectivity index (χ0v) is 12.0. The zero-order valence-electron chi connectivity index (χ0n) is 9.70. The summed E-state index contributed by atoms with van der Waals surface area (Å²) < 4.78 is 31.5. The Morgan fingerprint density at radius 2 is 2.11 bits per heavy atom. The molecule has 0 fully saturated rings. The fraction of sp³-hybridized carbons (Fsp3) is 0.400.